The molecule has 2 aliphatic heterocycles. The predicted octanol–water partition coefficient (Wildman–Crippen LogP) is -0.297. The number of rotatable bonds is 8. The Bertz CT molecular complexity index is 761. The van der Waals surface area contributed by atoms with Gasteiger partial charge < -0.3 is 19.3 Å². The van der Waals surface area contributed by atoms with E-state index < -0.39 is 16.1 Å². The van der Waals surface area contributed by atoms with Gasteiger partial charge in [-0.05, 0) is 12.1 Å². The molecular weight excluding hydrogens is 398 g/mol. The summed E-state index contributed by atoms with van der Waals surface area (Å²) in [6, 6.07) is 4.63. The SMILES string of the molecule is COc1ccc(S(=O)(=O)N2CCN(C[C@@H](O)CN3CCOCC3)CC2)cc1OC. The van der Waals surface area contributed by atoms with Gasteiger partial charge in [0, 0.05) is 58.4 Å². The van der Waals surface area contributed by atoms with Crippen LogP contribution in [0.25, 0.3) is 0 Å². The molecule has 29 heavy (non-hydrogen) atoms. The van der Waals surface area contributed by atoms with Crippen LogP contribution in [0.3, 0.4) is 0 Å². The van der Waals surface area contributed by atoms with Crippen LogP contribution in [0.4, 0.5) is 0 Å². The quantitative estimate of drug-likeness (QED) is 0.603. The molecule has 0 unspecified atom stereocenters. The van der Waals surface area contributed by atoms with E-state index in [4.69, 9.17) is 14.2 Å². The zero-order chi connectivity index (χ0) is 20.9. The number of hydrogen-bond donors (Lipinski definition) is 1. The molecule has 1 atom stereocenters. The molecule has 3 rings (SSSR count). The molecule has 2 heterocycles. The fraction of sp³-hybridized carbons (Fsp3) is 0.684. The molecule has 0 aliphatic carbocycles. The van der Waals surface area contributed by atoms with E-state index in [9.17, 15) is 13.5 Å². The minimum Gasteiger partial charge on any atom is -0.493 e. The number of piperazine rings is 1. The Labute approximate surface area is 172 Å². The first-order valence-corrected chi connectivity index (χ1v) is 11.3. The highest BCUT2D eigenvalue weighted by molar-refractivity contribution is 7.89. The number of methoxy groups -OCH3 is 2. The third kappa shape index (κ3) is 5.59. The van der Waals surface area contributed by atoms with Crippen LogP contribution in [0.2, 0.25) is 0 Å². The minimum atomic E-state index is -3.61. The maximum absolute atomic E-state index is 13.0. The van der Waals surface area contributed by atoms with E-state index in [1.54, 1.807) is 6.07 Å². The molecule has 1 aromatic rings. The van der Waals surface area contributed by atoms with Crippen LogP contribution < -0.4 is 9.47 Å². The molecule has 9 nitrogen and oxygen atoms in total. The molecule has 10 heteroatoms. The summed E-state index contributed by atoms with van der Waals surface area (Å²) in [7, 11) is -0.614. The van der Waals surface area contributed by atoms with E-state index in [2.05, 4.69) is 9.80 Å². The van der Waals surface area contributed by atoms with E-state index in [1.807, 2.05) is 0 Å². The lowest BCUT2D eigenvalue weighted by atomic mass is 10.2. The van der Waals surface area contributed by atoms with Crippen molar-refractivity contribution in [2.75, 3.05) is 79.8 Å². The molecule has 2 fully saturated rings. The summed E-state index contributed by atoms with van der Waals surface area (Å²) in [4.78, 5) is 4.51. The first-order chi connectivity index (χ1) is 13.9. The van der Waals surface area contributed by atoms with Crippen LogP contribution in [0.1, 0.15) is 0 Å². The number of hydrogen-bond acceptors (Lipinski definition) is 8. The summed E-state index contributed by atoms with van der Waals surface area (Å²) < 4.78 is 43.2. The molecule has 0 bridgehead atoms. The Balaban J connectivity index is 1.54. The third-order valence-electron chi connectivity index (χ3n) is 5.37. The van der Waals surface area contributed by atoms with Crippen LogP contribution in [-0.4, -0.2) is 114 Å². The number of aliphatic hydroxyl groups excluding tert-OH is 1. The maximum Gasteiger partial charge on any atom is 0.243 e. The molecule has 0 radical (unpaired) electrons. The van der Waals surface area contributed by atoms with Gasteiger partial charge in [-0.3, -0.25) is 9.80 Å². The Kier molecular flexibility index (Phi) is 7.72. The van der Waals surface area contributed by atoms with Gasteiger partial charge in [0.25, 0.3) is 0 Å². The van der Waals surface area contributed by atoms with Gasteiger partial charge in [0.05, 0.1) is 38.4 Å². The van der Waals surface area contributed by atoms with Crippen molar-refractivity contribution in [2.45, 2.75) is 11.0 Å². The lowest BCUT2D eigenvalue weighted by Gasteiger charge is -2.36. The number of sulfonamides is 1. The lowest BCUT2D eigenvalue weighted by molar-refractivity contribution is 0.00469. The Hall–Kier alpha value is -1.43. The average Bonchev–Trinajstić information content (AvgIpc) is 2.74. The maximum atomic E-state index is 13.0. The topological polar surface area (TPSA) is 91.8 Å². The second-order valence-corrected chi connectivity index (χ2v) is 9.23. The summed E-state index contributed by atoms with van der Waals surface area (Å²) in [5.41, 5.74) is 0. The molecule has 0 spiro atoms. The second kappa shape index (κ2) is 10.1. The van der Waals surface area contributed by atoms with Gasteiger partial charge in [0.1, 0.15) is 0 Å². The number of ether oxygens (including phenoxy) is 3. The molecule has 2 saturated heterocycles. The Morgan fingerprint density at radius 1 is 0.966 bits per heavy atom. The lowest BCUT2D eigenvalue weighted by Crippen LogP contribution is -2.52. The summed E-state index contributed by atoms with van der Waals surface area (Å²) in [6.07, 6.45) is -0.456. The summed E-state index contributed by atoms with van der Waals surface area (Å²) >= 11 is 0. The number of benzene rings is 1. The zero-order valence-electron chi connectivity index (χ0n) is 17.1. The first kappa shape index (κ1) is 22.3. The fourth-order valence-corrected chi connectivity index (χ4v) is 5.15. The van der Waals surface area contributed by atoms with Crippen molar-refractivity contribution in [1.82, 2.24) is 14.1 Å². The van der Waals surface area contributed by atoms with Gasteiger partial charge in [0.2, 0.25) is 10.0 Å². The highest BCUT2D eigenvalue weighted by atomic mass is 32.2. The normalized spacial score (nSPS) is 21.1. The van der Waals surface area contributed by atoms with E-state index >= 15 is 0 Å². The standard InChI is InChI=1S/C19H31N3O6S/c1-26-18-4-3-17(13-19(18)27-2)29(24,25)22-7-5-20(6-8-22)14-16(23)15-21-9-11-28-12-10-21/h3-4,13,16,23H,5-12,14-15H2,1-2H3/t16-/m1/s1. The number of β-amino-alcohol motifs (C(OH)–C–C–N with tert-alkyl or cyclic N) is 1. The van der Waals surface area contributed by atoms with Gasteiger partial charge in [-0.1, -0.05) is 0 Å². The highest BCUT2D eigenvalue weighted by Crippen LogP contribution is 2.30. The largest absolute Gasteiger partial charge is 0.493 e. The molecule has 2 aliphatic rings. The van der Waals surface area contributed by atoms with Crippen LogP contribution >= 0.6 is 0 Å². The van der Waals surface area contributed by atoms with Crippen LogP contribution in [0, 0.1) is 0 Å². The van der Waals surface area contributed by atoms with Crippen LogP contribution in [0.5, 0.6) is 11.5 Å². The van der Waals surface area contributed by atoms with Gasteiger partial charge in [0.15, 0.2) is 11.5 Å². The van der Waals surface area contributed by atoms with Crippen molar-refractivity contribution >= 4 is 10.0 Å². The van der Waals surface area contributed by atoms with E-state index in [1.165, 1.54) is 30.7 Å². The number of morpholine rings is 1. The predicted molar refractivity (Wildman–Crippen MR) is 108 cm³/mol. The van der Waals surface area contributed by atoms with Crippen molar-refractivity contribution < 1.29 is 27.7 Å². The van der Waals surface area contributed by atoms with Crippen molar-refractivity contribution in [3.63, 3.8) is 0 Å². The minimum absolute atomic E-state index is 0.191. The smallest absolute Gasteiger partial charge is 0.243 e. The third-order valence-corrected chi connectivity index (χ3v) is 7.26. The Morgan fingerprint density at radius 2 is 1.55 bits per heavy atom. The van der Waals surface area contributed by atoms with Gasteiger partial charge in [-0.25, -0.2) is 8.42 Å². The van der Waals surface area contributed by atoms with Crippen molar-refractivity contribution in [3.8, 4) is 11.5 Å². The zero-order valence-corrected chi connectivity index (χ0v) is 17.9. The first-order valence-electron chi connectivity index (χ1n) is 9.86. The summed E-state index contributed by atoms with van der Waals surface area (Å²) in [5.74, 6) is 0.879. The fourth-order valence-electron chi connectivity index (χ4n) is 3.72. The van der Waals surface area contributed by atoms with E-state index in [0.29, 0.717) is 64.0 Å². The average molecular weight is 430 g/mol. The molecule has 0 aromatic heterocycles. The monoisotopic (exact) mass is 429 g/mol. The van der Waals surface area contributed by atoms with Crippen LogP contribution in [-0.2, 0) is 14.8 Å². The summed E-state index contributed by atoms with van der Waals surface area (Å²) in [5, 5.41) is 10.4. The van der Waals surface area contributed by atoms with Gasteiger partial charge in [-0.15, -0.1) is 0 Å². The van der Waals surface area contributed by atoms with Gasteiger partial charge in [-0.2, -0.15) is 4.31 Å². The Morgan fingerprint density at radius 3 is 2.14 bits per heavy atom. The second-order valence-electron chi connectivity index (χ2n) is 7.29. The molecule has 0 saturated carbocycles. The molecular formula is C19H31N3O6S. The van der Waals surface area contributed by atoms with Crippen molar-refractivity contribution in [1.29, 1.82) is 0 Å². The summed E-state index contributed by atoms with van der Waals surface area (Å²) in [6.45, 7) is 6.22. The van der Waals surface area contributed by atoms with Gasteiger partial charge >= 0.3 is 0 Å². The van der Waals surface area contributed by atoms with Crippen molar-refractivity contribution in [2.24, 2.45) is 0 Å². The van der Waals surface area contributed by atoms with Crippen LogP contribution in [0.15, 0.2) is 23.1 Å². The number of nitrogens with zero attached hydrogens (tertiary/aromatic N) is 3. The molecule has 1 aromatic carbocycles. The highest BCUT2D eigenvalue weighted by Gasteiger charge is 2.30. The number of aliphatic hydroxyl groups is 1. The van der Waals surface area contributed by atoms with Crippen molar-refractivity contribution in [3.05, 3.63) is 18.2 Å². The molecule has 0 amide bonds. The van der Waals surface area contributed by atoms with E-state index in [0.717, 1.165) is 13.1 Å². The van der Waals surface area contributed by atoms with E-state index in [-0.39, 0.29) is 4.90 Å². The molecule has 164 valence electrons. The molecule has 1 N–H and O–H groups in total.